The van der Waals surface area contributed by atoms with Crippen LogP contribution >= 0.6 is 11.3 Å². The summed E-state index contributed by atoms with van der Waals surface area (Å²) in [7, 11) is 1.64. The van der Waals surface area contributed by atoms with Gasteiger partial charge in [0.25, 0.3) is 0 Å². The van der Waals surface area contributed by atoms with E-state index in [4.69, 9.17) is 0 Å². The molecule has 0 fully saturated rings. The summed E-state index contributed by atoms with van der Waals surface area (Å²) in [4.78, 5) is 17.3. The second kappa shape index (κ2) is 5.63. The van der Waals surface area contributed by atoms with Crippen molar-refractivity contribution in [1.29, 1.82) is 0 Å². The summed E-state index contributed by atoms with van der Waals surface area (Å²) in [6.07, 6.45) is 1.95. The van der Waals surface area contributed by atoms with Crippen LogP contribution in [0.1, 0.15) is 40.3 Å². The fraction of sp³-hybridized carbons (Fsp3) is 0.643. The van der Waals surface area contributed by atoms with Crippen molar-refractivity contribution in [2.45, 2.75) is 46.1 Å². The maximum Gasteiger partial charge on any atom is 0.242 e. The molecule has 2 heterocycles. The molecule has 2 N–H and O–H groups in total. The third-order valence-corrected chi connectivity index (χ3v) is 4.14. The fourth-order valence-electron chi connectivity index (χ4n) is 1.94. The number of hydrogen-bond acceptors (Lipinski definition) is 5. The number of fused-ring (bicyclic) bond motifs is 1. The van der Waals surface area contributed by atoms with Gasteiger partial charge < -0.3 is 10.6 Å². The van der Waals surface area contributed by atoms with Crippen molar-refractivity contribution < 1.29 is 4.79 Å². The van der Waals surface area contributed by atoms with E-state index in [1.165, 1.54) is 11.3 Å². The molecular weight excluding hydrogens is 286 g/mol. The molecule has 0 aliphatic carbocycles. The van der Waals surface area contributed by atoms with E-state index in [-0.39, 0.29) is 23.3 Å². The largest absolute Gasteiger partial charge is 0.357 e. The Morgan fingerprint density at radius 2 is 2.05 bits per heavy atom. The van der Waals surface area contributed by atoms with Crippen molar-refractivity contribution in [2.24, 2.45) is 5.92 Å². The molecule has 21 heavy (non-hydrogen) atoms. The van der Waals surface area contributed by atoms with Crippen molar-refractivity contribution in [2.75, 3.05) is 12.4 Å². The van der Waals surface area contributed by atoms with Gasteiger partial charge in [0.05, 0.1) is 11.9 Å². The molecule has 0 radical (unpaired) electrons. The number of rotatable bonds is 4. The minimum Gasteiger partial charge on any atom is -0.357 e. The van der Waals surface area contributed by atoms with Crippen LogP contribution in [0.4, 0.5) is 5.13 Å². The van der Waals surface area contributed by atoms with E-state index in [9.17, 15) is 4.79 Å². The predicted molar refractivity (Wildman–Crippen MR) is 85.9 cm³/mol. The zero-order valence-corrected chi connectivity index (χ0v) is 14.2. The van der Waals surface area contributed by atoms with Crippen molar-refractivity contribution in [3.05, 3.63) is 11.9 Å². The van der Waals surface area contributed by atoms with E-state index >= 15 is 0 Å². The zero-order chi connectivity index (χ0) is 15.8. The first-order valence-corrected chi connectivity index (χ1v) is 7.89. The standard InChI is InChI=1S/C14H23N5OS/c1-8(2)10(11(20)15-6)17-12-18-19-7-9(14(3,4)5)16-13(19)21-12/h7-8,10H,1-6H3,(H,15,20)(H,17,18). The Morgan fingerprint density at radius 3 is 2.52 bits per heavy atom. The van der Waals surface area contributed by atoms with Crippen LogP contribution in [0.15, 0.2) is 6.20 Å². The lowest BCUT2D eigenvalue weighted by atomic mass is 9.93. The summed E-state index contributed by atoms with van der Waals surface area (Å²) < 4.78 is 1.77. The van der Waals surface area contributed by atoms with Gasteiger partial charge in [0.1, 0.15) is 6.04 Å². The summed E-state index contributed by atoms with van der Waals surface area (Å²) in [6, 6.07) is -0.298. The normalized spacial score (nSPS) is 13.7. The van der Waals surface area contributed by atoms with E-state index in [1.54, 1.807) is 11.6 Å². The third-order valence-electron chi connectivity index (χ3n) is 3.29. The number of imidazole rings is 1. The lowest BCUT2D eigenvalue weighted by Gasteiger charge is -2.19. The monoisotopic (exact) mass is 309 g/mol. The molecule has 0 spiro atoms. The van der Waals surface area contributed by atoms with Crippen LogP contribution in [0.25, 0.3) is 4.96 Å². The highest BCUT2D eigenvalue weighted by molar-refractivity contribution is 7.20. The first-order valence-electron chi connectivity index (χ1n) is 7.07. The molecule has 2 rings (SSSR count). The molecule has 116 valence electrons. The number of likely N-dealkylation sites (N-methyl/N-ethyl adjacent to an activating group) is 1. The average Bonchev–Trinajstić information content (AvgIpc) is 2.91. The van der Waals surface area contributed by atoms with Gasteiger partial charge in [0, 0.05) is 12.5 Å². The van der Waals surface area contributed by atoms with Crippen LogP contribution < -0.4 is 10.6 Å². The topological polar surface area (TPSA) is 71.3 Å². The van der Waals surface area contributed by atoms with Crippen LogP contribution in [0.3, 0.4) is 0 Å². The number of carbonyl (C=O) groups is 1. The van der Waals surface area contributed by atoms with Gasteiger partial charge in [-0.25, -0.2) is 9.50 Å². The van der Waals surface area contributed by atoms with Crippen LogP contribution in [0.5, 0.6) is 0 Å². The highest BCUT2D eigenvalue weighted by atomic mass is 32.1. The first-order chi connectivity index (χ1) is 9.72. The van der Waals surface area contributed by atoms with E-state index in [2.05, 4.69) is 41.5 Å². The van der Waals surface area contributed by atoms with Crippen LogP contribution in [-0.4, -0.2) is 33.6 Å². The summed E-state index contributed by atoms with van der Waals surface area (Å²) in [5.41, 5.74) is 1.02. The third kappa shape index (κ3) is 3.34. The van der Waals surface area contributed by atoms with Crippen molar-refractivity contribution in [3.63, 3.8) is 0 Å². The average molecular weight is 309 g/mol. The number of nitrogens with one attached hydrogen (secondary N) is 2. The number of carbonyl (C=O) groups excluding carboxylic acids is 1. The highest BCUT2D eigenvalue weighted by Crippen LogP contribution is 2.26. The number of nitrogens with zero attached hydrogens (tertiary/aromatic N) is 3. The number of amides is 1. The quantitative estimate of drug-likeness (QED) is 0.909. The molecule has 0 aliphatic rings. The minimum absolute atomic E-state index is 0.00355. The van der Waals surface area contributed by atoms with Crippen molar-refractivity contribution in [1.82, 2.24) is 19.9 Å². The number of hydrogen-bond donors (Lipinski definition) is 2. The molecule has 0 aromatic carbocycles. The van der Waals surface area contributed by atoms with Crippen molar-refractivity contribution in [3.8, 4) is 0 Å². The van der Waals surface area contributed by atoms with E-state index in [0.717, 1.165) is 10.7 Å². The molecule has 6 nitrogen and oxygen atoms in total. The second-order valence-corrected chi connectivity index (χ2v) is 7.45. The van der Waals surface area contributed by atoms with Crippen molar-refractivity contribution >= 4 is 27.3 Å². The Kier molecular flexibility index (Phi) is 4.22. The SMILES string of the molecule is CNC(=O)C(Nc1nn2cc(C(C)(C)C)nc2s1)C(C)C. The summed E-state index contributed by atoms with van der Waals surface area (Å²) in [5, 5.41) is 11.0. The molecule has 0 saturated carbocycles. The predicted octanol–water partition coefficient (Wildman–Crippen LogP) is 2.27. The molecule has 2 aromatic rings. The Balaban J connectivity index is 2.23. The molecule has 1 amide bonds. The summed E-state index contributed by atoms with van der Waals surface area (Å²) in [5.74, 6) is 0.138. The van der Waals surface area contributed by atoms with Gasteiger partial charge in [-0.3, -0.25) is 4.79 Å². The lowest BCUT2D eigenvalue weighted by molar-refractivity contribution is -0.122. The van der Waals surface area contributed by atoms with Crippen LogP contribution in [0.2, 0.25) is 0 Å². The van der Waals surface area contributed by atoms with Gasteiger partial charge in [-0.05, 0) is 5.92 Å². The molecule has 1 unspecified atom stereocenters. The zero-order valence-electron chi connectivity index (χ0n) is 13.4. The van der Waals surface area contributed by atoms with Gasteiger partial charge in [0.15, 0.2) is 0 Å². The molecule has 0 saturated heterocycles. The van der Waals surface area contributed by atoms with E-state index in [1.807, 2.05) is 20.0 Å². The second-order valence-electron chi connectivity index (χ2n) is 6.49. The first kappa shape index (κ1) is 15.8. The Labute approximate surface area is 129 Å². The fourth-order valence-corrected chi connectivity index (χ4v) is 2.76. The van der Waals surface area contributed by atoms with Gasteiger partial charge in [-0.1, -0.05) is 46.0 Å². The maximum atomic E-state index is 11.9. The molecule has 1 atom stereocenters. The number of aromatic nitrogens is 3. The molecular formula is C14H23N5OS. The Morgan fingerprint density at radius 1 is 1.38 bits per heavy atom. The van der Waals surface area contributed by atoms with Gasteiger partial charge >= 0.3 is 0 Å². The summed E-state index contributed by atoms with van der Waals surface area (Å²) in [6.45, 7) is 10.4. The van der Waals surface area contributed by atoms with E-state index < -0.39 is 0 Å². The Bertz CT molecular complexity index is 606. The van der Waals surface area contributed by atoms with E-state index in [0.29, 0.717) is 5.13 Å². The van der Waals surface area contributed by atoms with Crippen LogP contribution in [-0.2, 0) is 10.2 Å². The maximum absolute atomic E-state index is 11.9. The highest BCUT2D eigenvalue weighted by Gasteiger charge is 2.23. The minimum atomic E-state index is -0.298. The van der Waals surface area contributed by atoms with Crippen LogP contribution in [0, 0.1) is 5.92 Å². The Hall–Kier alpha value is -1.63. The molecule has 7 heteroatoms. The summed E-state index contributed by atoms with van der Waals surface area (Å²) >= 11 is 1.46. The smallest absolute Gasteiger partial charge is 0.242 e. The van der Waals surface area contributed by atoms with Gasteiger partial charge in [-0.15, -0.1) is 5.10 Å². The van der Waals surface area contributed by atoms with Gasteiger partial charge in [0.2, 0.25) is 16.0 Å². The molecule has 0 bridgehead atoms. The lowest BCUT2D eigenvalue weighted by Crippen LogP contribution is -2.41. The number of anilines is 1. The molecule has 0 aliphatic heterocycles. The van der Waals surface area contributed by atoms with Gasteiger partial charge in [-0.2, -0.15) is 0 Å². The molecule has 2 aromatic heterocycles.